The Balaban J connectivity index is 0.000000271. The Kier molecular flexibility index (Phi) is 12.1. The molecule has 2 saturated heterocycles. The topological polar surface area (TPSA) is 292 Å². The number of hydrogen-bond donors (Lipinski definition) is 9. The molecule has 2 aromatic heterocycles. The standard InChI is InChI=1S/C19H19N7O6.C10H16N2O3S/c20-19-25-15-14(17(30)26-19)23-11(8-22-15)7-21-10-3-1-9(2-4-10)16(29)24-12(18(31)32)5-6-13(27)28;13-8(14)4-2-1-3-7-9-6(5-16-7)11-10(15)12-9/h1-4,8,12,21H,5-7H2,(H,24,29)(H,27,28)(H,31,32)(H3,20,22,25,26,30);6-7,9H,1-5H2,(H,13,14)(H2,11,12,15)/t12-;6-,7-,9-/m00/s1. The molecule has 10 N–H and O–H groups in total. The Morgan fingerprint density at radius 2 is 1.73 bits per heavy atom. The van der Waals surface area contributed by atoms with Crippen LogP contribution in [0.3, 0.4) is 0 Å². The number of fused-ring (bicyclic) bond motifs is 2. The normalized spacial score (nSPS) is 18.4. The smallest absolute Gasteiger partial charge is 0.326 e. The summed E-state index contributed by atoms with van der Waals surface area (Å²) in [5.74, 6) is -2.92. The Hall–Kier alpha value is -5.46. The monoisotopic (exact) mass is 685 g/mol. The number of carboxylic acid groups (broad SMARTS) is 3. The maximum absolute atomic E-state index is 12.3. The van der Waals surface area contributed by atoms with Crippen LogP contribution in [0.25, 0.3) is 11.2 Å². The first-order valence-electron chi connectivity index (χ1n) is 14.9. The Bertz CT molecular complexity index is 1720. The van der Waals surface area contributed by atoms with Gasteiger partial charge in [-0.3, -0.25) is 19.2 Å². The number of nitrogens with one attached hydrogen (secondary N) is 5. The molecule has 256 valence electrons. The number of aliphatic carboxylic acids is 3. The predicted molar refractivity (Wildman–Crippen MR) is 173 cm³/mol. The van der Waals surface area contributed by atoms with Gasteiger partial charge in [0, 0.05) is 35.1 Å². The minimum atomic E-state index is -1.31. The van der Waals surface area contributed by atoms with Gasteiger partial charge in [-0.2, -0.15) is 16.7 Å². The maximum atomic E-state index is 12.3. The summed E-state index contributed by atoms with van der Waals surface area (Å²) in [5, 5.41) is 38.0. The van der Waals surface area contributed by atoms with Gasteiger partial charge in [0.25, 0.3) is 5.91 Å². The Morgan fingerprint density at radius 3 is 2.42 bits per heavy atom. The van der Waals surface area contributed by atoms with Gasteiger partial charge in [0.1, 0.15) is 6.04 Å². The molecule has 2 aliphatic heterocycles. The first-order chi connectivity index (χ1) is 22.9. The number of carbonyl (C=O) groups excluding carboxylic acids is 2. The molecule has 0 unspecified atom stereocenters. The average molecular weight is 686 g/mol. The highest BCUT2D eigenvalue weighted by Crippen LogP contribution is 2.33. The van der Waals surface area contributed by atoms with Gasteiger partial charge in [0.05, 0.1) is 30.5 Å². The van der Waals surface area contributed by atoms with E-state index in [-0.39, 0.29) is 66.6 Å². The number of aromatic amines is 1. The molecule has 1 aromatic carbocycles. The molecule has 0 spiro atoms. The molecular formula is C29H35N9O9S. The molecule has 0 saturated carbocycles. The largest absolute Gasteiger partial charge is 0.481 e. The van der Waals surface area contributed by atoms with Crippen LogP contribution in [0.4, 0.5) is 16.4 Å². The summed E-state index contributed by atoms with van der Waals surface area (Å²) in [6, 6.07) is 5.30. The molecule has 2 fully saturated rings. The summed E-state index contributed by atoms with van der Waals surface area (Å²) in [7, 11) is 0. The lowest BCUT2D eigenvalue weighted by Crippen LogP contribution is -2.41. The quantitative estimate of drug-likeness (QED) is 0.0836. The van der Waals surface area contributed by atoms with E-state index >= 15 is 0 Å². The molecule has 4 heterocycles. The van der Waals surface area contributed by atoms with Crippen LogP contribution >= 0.6 is 11.8 Å². The van der Waals surface area contributed by atoms with Gasteiger partial charge in [-0.05, 0) is 43.5 Å². The van der Waals surface area contributed by atoms with E-state index in [0.717, 1.165) is 25.0 Å². The third kappa shape index (κ3) is 10.0. The minimum Gasteiger partial charge on any atom is -0.481 e. The van der Waals surface area contributed by atoms with Crippen LogP contribution < -0.4 is 32.6 Å². The van der Waals surface area contributed by atoms with Crippen molar-refractivity contribution in [3.63, 3.8) is 0 Å². The van der Waals surface area contributed by atoms with E-state index in [1.165, 1.54) is 18.3 Å². The van der Waals surface area contributed by atoms with Crippen LogP contribution in [0.1, 0.15) is 54.6 Å². The second-order valence-corrected chi connectivity index (χ2v) is 12.2. The van der Waals surface area contributed by atoms with E-state index in [0.29, 0.717) is 16.6 Å². The number of amides is 3. The molecule has 0 aliphatic carbocycles. The number of H-pyrrole nitrogens is 1. The fourth-order valence-electron chi connectivity index (χ4n) is 5.03. The van der Waals surface area contributed by atoms with Crippen LogP contribution in [0, 0.1) is 0 Å². The SMILES string of the molecule is Nc1nc(=O)c2nc(CNc3ccc(C(=O)N[C@@H](CCC(=O)O)C(=O)O)cc3)cnc2[nH]1.O=C(O)CCCC[C@@H]1SC[C@@H]2NC(=O)N[C@@H]21. The second-order valence-electron chi connectivity index (χ2n) is 11.0. The lowest BCUT2D eigenvalue weighted by atomic mass is 10.0. The van der Waals surface area contributed by atoms with Crippen molar-refractivity contribution < 1.29 is 39.3 Å². The lowest BCUT2D eigenvalue weighted by Gasteiger charge is -2.16. The fourth-order valence-corrected chi connectivity index (χ4v) is 6.57. The number of nitrogens with two attached hydrogens (primary N) is 1. The zero-order valence-electron chi connectivity index (χ0n) is 25.5. The second kappa shape index (κ2) is 16.4. The number of unbranched alkanes of at least 4 members (excludes halogenated alkanes) is 1. The summed E-state index contributed by atoms with van der Waals surface area (Å²) in [6.45, 7) is 0.231. The van der Waals surface area contributed by atoms with Gasteiger partial charge < -0.3 is 47.3 Å². The highest BCUT2D eigenvalue weighted by atomic mass is 32.2. The number of nitrogens with zero attached hydrogens (tertiary/aromatic N) is 3. The maximum Gasteiger partial charge on any atom is 0.326 e. The van der Waals surface area contributed by atoms with E-state index in [9.17, 15) is 28.8 Å². The Morgan fingerprint density at radius 1 is 1.00 bits per heavy atom. The first-order valence-corrected chi connectivity index (χ1v) is 16.0. The number of nitrogen functional groups attached to an aromatic ring is 1. The average Bonchev–Trinajstić information content (AvgIpc) is 3.59. The van der Waals surface area contributed by atoms with Crippen molar-refractivity contribution in [2.45, 2.75) is 68.4 Å². The van der Waals surface area contributed by atoms with Crippen molar-refractivity contribution in [3.05, 3.63) is 52.1 Å². The highest BCUT2D eigenvalue weighted by Gasteiger charge is 2.42. The van der Waals surface area contributed by atoms with E-state index < -0.39 is 35.4 Å². The molecule has 18 nitrogen and oxygen atoms in total. The molecule has 0 radical (unpaired) electrons. The first kappa shape index (κ1) is 35.4. The van der Waals surface area contributed by atoms with Crippen molar-refractivity contribution in [3.8, 4) is 0 Å². The van der Waals surface area contributed by atoms with Crippen molar-refractivity contribution in [1.82, 2.24) is 35.9 Å². The number of hydrogen-bond acceptors (Lipinski definition) is 12. The molecule has 0 bridgehead atoms. The lowest BCUT2D eigenvalue weighted by molar-refractivity contribution is -0.141. The van der Waals surface area contributed by atoms with Crippen LogP contribution in [0.5, 0.6) is 0 Å². The molecule has 5 rings (SSSR count). The van der Waals surface area contributed by atoms with E-state index in [4.69, 9.17) is 21.1 Å². The van der Waals surface area contributed by atoms with Gasteiger partial charge in [0.2, 0.25) is 5.95 Å². The summed E-state index contributed by atoms with van der Waals surface area (Å²) in [4.78, 5) is 82.0. The van der Waals surface area contributed by atoms with Gasteiger partial charge >= 0.3 is 29.5 Å². The molecule has 4 atom stereocenters. The fraction of sp³-hybridized carbons (Fsp3) is 0.414. The summed E-state index contributed by atoms with van der Waals surface area (Å²) in [6.07, 6.45) is 3.74. The van der Waals surface area contributed by atoms with Crippen molar-refractivity contribution in [2.75, 3.05) is 16.8 Å². The van der Waals surface area contributed by atoms with Crippen LogP contribution in [0.2, 0.25) is 0 Å². The van der Waals surface area contributed by atoms with Crippen LogP contribution in [-0.4, -0.2) is 94.2 Å². The van der Waals surface area contributed by atoms with Gasteiger partial charge in [-0.1, -0.05) is 6.42 Å². The van der Waals surface area contributed by atoms with E-state index in [1.807, 2.05) is 11.8 Å². The number of benzene rings is 1. The van der Waals surface area contributed by atoms with Gasteiger partial charge in [-0.15, -0.1) is 0 Å². The number of thioether (sulfide) groups is 1. The van der Waals surface area contributed by atoms with Gasteiger partial charge in [-0.25, -0.2) is 19.6 Å². The number of carbonyl (C=O) groups is 5. The van der Waals surface area contributed by atoms with Crippen molar-refractivity contribution >= 4 is 64.4 Å². The zero-order chi connectivity index (χ0) is 34.8. The number of urea groups is 1. The highest BCUT2D eigenvalue weighted by molar-refractivity contribution is 8.00. The van der Waals surface area contributed by atoms with Crippen molar-refractivity contribution in [2.24, 2.45) is 0 Å². The number of carboxylic acids is 3. The molecular weight excluding hydrogens is 650 g/mol. The molecule has 48 heavy (non-hydrogen) atoms. The Labute approximate surface area is 276 Å². The van der Waals surface area contributed by atoms with E-state index in [1.54, 1.807) is 12.1 Å². The number of rotatable bonds is 14. The van der Waals surface area contributed by atoms with Crippen molar-refractivity contribution in [1.29, 1.82) is 0 Å². The van der Waals surface area contributed by atoms with E-state index in [2.05, 4.69) is 41.2 Å². The molecule has 19 heteroatoms. The predicted octanol–water partition coefficient (Wildman–Crippen LogP) is 0.752. The molecule has 3 amide bonds. The number of aromatic nitrogens is 4. The molecule has 2 aliphatic rings. The van der Waals surface area contributed by atoms with Gasteiger partial charge in [0.15, 0.2) is 11.2 Å². The third-order valence-corrected chi connectivity index (χ3v) is 8.94. The zero-order valence-corrected chi connectivity index (χ0v) is 26.3. The summed E-state index contributed by atoms with van der Waals surface area (Å²) in [5.41, 5.74) is 6.47. The third-order valence-electron chi connectivity index (χ3n) is 7.43. The number of anilines is 2. The van der Waals surface area contributed by atoms with Crippen LogP contribution in [0.15, 0.2) is 35.3 Å². The summed E-state index contributed by atoms with van der Waals surface area (Å²) >= 11 is 1.87. The summed E-state index contributed by atoms with van der Waals surface area (Å²) < 4.78 is 0. The molecule has 3 aromatic rings. The van der Waals surface area contributed by atoms with Crippen LogP contribution in [-0.2, 0) is 20.9 Å². The minimum absolute atomic E-state index is 0.0524.